The van der Waals surface area contributed by atoms with Crippen LogP contribution in [-0.4, -0.2) is 31.4 Å². The molecule has 3 rings (SSSR count). The molecule has 3 aromatic rings. The van der Waals surface area contributed by atoms with E-state index in [0.717, 1.165) is 21.4 Å². The number of aromatic nitrogens is 4. The Morgan fingerprint density at radius 1 is 1.03 bits per heavy atom. The lowest BCUT2D eigenvalue weighted by Gasteiger charge is -2.18. The number of fused-ring (bicyclic) bond motifs is 1. The second-order valence-corrected chi connectivity index (χ2v) is 7.77. The van der Waals surface area contributed by atoms with Gasteiger partial charge in [-0.05, 0) is 37.0 Å². The average molecular weight is 400 g/mol. The fraction of sp³-hybridized carbons (Fsp3) is 0.476. The molecule has 0 amide bonds. The van der Waals surface area contributed by atoms with Crippen molar-refractivity contribution >= 4 is 11.2 Å². The van der Waals surface area contributed by atoms with Crippen LogP contribution in [0.1, 0.15) is 37.8 Å². The highest BCUT2D eigenvalue weighted by molar-refractivity contribution is 5.71. The molecule has 0 aliphatic rings. The summed E-state index contributed by atoms with van der Waals surface area (Å²) in [4.78, 5) is 29.0. The third-order valence-corrected chi connectivity index (χ3v) is 5.01. The first kappa shape index (κ1) is 20.7. The molecular formula is C21H28N4O4. The minimum atomic E-state index is -0.427. The molecule has 0 aliphatic carbocycles. The Morgan fingerprint density at radius 2 is 1.72 bits per heavy atom. The molecule has 0 aliphatic heterocycles. The van der Waals surface area contributed by atoms with Crippen molar-refractivity contribution in [3.8, 4) is 11.8 Å². The van der Waals surface area contributed by atoms with Crippen LogP contribution in [0.15, 0.2) is 27.8 Å². The predicted octanol–water partition coefficient (Wildman–Crippen LogP) is 2.25. The number of ether oxygens (including phenoxy) is 2. The molecule has 2 heterocycles. The quantitative estimate of drug-likeness (QED) is 0.634. The molecule has 0 saturated carbocycles. The molecule has 156 valence electrons. The average Bonchev–Trinajstić information content (AvgIpc) is 2.99. The summed E-state index contributed by atoms with van der Waals surface area (Å²) >= 11 is 0. The SMILES string of the molecule is Cc1ccc(C(C)C)c(OCC(C)Oc2nc3c(c(=O)n(C)c(=O)n3C)n2C)c1. The lowest BCUT2D eigenvalue weighted by molar-refractivity contribution is 0.129. The van der Waals surface area contributed by atoms with Crippen LogP contribution < -0.4 is 20.7 Å². The molecule has 1 aromatic carbocycles. The number of benzene rings is 1. The molecule has 0 bridgehead atoms. The van der Waals surface area contributed by atoms with Crippen molar-refractivity contribution in [2.75, 3.05) is 6.61 Å². The number of hydrogen-bond acceptors (Lipinski definition) is 5. The van der Waals surface area contributed by atoms with Gasteiger partial charge < -0.3 is 9.47 Å². The summed E-state index contributed by atoms with van der Waals surface area (Å²) in [5.41, 5.74) is 2.06. The molecule has 0 N–H and O–H groups in total. The Kier molecular flexibility index (Phi) is 5.55. The Labute approximate surface area is 169 Å². The van der Waals surface area contributed by atoms with E-state index in [-0.39, 0.29) is 12.1 Å². The normalized spacial score (nSPS) is 12.6. The van der Waals surface area contributed by atoms with E-state index < -0.39 is 11.2 Å². The zero-order valence-electron chi connectivity index (χ0n) is 18.0. The van der Waals surface area contributed by atoms with Gasteiger partial charge in [-0.15, -0.1) is 0 Å². The molecule has 1 atom stereocenters. The molecule has 29 heavy (non-hydrogen) atoms. The number of nitrogens with zero attached hydrogens (tertiary/aromatic N) is 4. The molecule has 0 radical (unpaired) electrons. The van der Waals surface area contributed by atoms with E-state index >= 15 is 0 Å². The highest BCUT2D eigenvalue weighted by Gasteiger charge is 2.19. The molecule has 0 fully saturated rings. The maximum absolute atomic E-state index is 12.5. The lowest BCUT2D eigenvalue weighted by Crippen LogP contribution is -2.37. The number of hydrogen-bond donors (Lipinski definition) is 0. The van der Waals surface area contributed by atoms with Crippen LogP contribution in [-0.2, 0) is 21.1 Å². The van der Waals surface area contributed by atoms with E-state index in [2.05, 4.69) is 31.0 Å². The van der Waals surface area contributed by atoms with Gasteiger partial charge in [-0.2, -0.15) is 4.98 Å². The van der Waals surface area contributed by atoms with Crippen molar-refractivity contribution in [3.63, 3.8) is 0 Å². The molecule has 0 spiro atoms. The van der Waals surface area contributed by atoms with Crippen molar-refractivity contribution in [2.24, 2.45) is 21.1 Å². The van der Waals surface area contributed by atoms with Crippen LogP contribution in [0, 0.1) is 6.92 Å². The standard InChI is InChI=1S/C21H28N4O4/c1-12(2)15-9-8-13(3)10-16(15)28-11-14(4)29-20-22-18-17(23(20)5)19(26)25(7)21(27)24(18)6/h8-10,12,14H,11H2,1-7H3. The van der Waals surface area contributed by atoms with Gasteiger partial charge in [-0.3, -0.25) is 18.5 Å². The van der Waals surface area contributed by atoms with Gasteiger partial charge in [0.1, 0.15) is 18.5 Å². The first-order valence-electron chi connectivity index (χ1n) is 9.64. The van der Waals surface area contributed by atoms with Gasteiger partial charge in [0.15, 0.2) is 11.2 Å². The maximum Gasteiger partial charge on any atom is 0.332 e. The largest absolute Gasteiger partial charge is 0.489 e. The third-order valence-electron chi connectivity index (χ3n) is 5.01. The fourth-order valence-electron chi connectivity index (χ4n) is 3.27. The van der Waals surface area contributed by atoms with Crippen LogP contribution in [0.25, 0.3) is 11.2 Å². The summed E-state index contributed by atoms with van der Waals surface area (Å²) < 4.78 is 15.9. The third kappa shape index (κ3) is 3.79. The molecular weight excluding hydrogens is 372 g/mol. The van der Waals surface area contributed by atoms with E-state index in [9.17, 15) is 9.59 Å². The van der Waals surface area contributed by atoms with Crippen molar-refractivity contribution in [1.29, 1.82) is 0 Å². The number of aryl methyl sites for hydroxylation is 3. The van der Waals surface area contributed by atoms with Crippen LogP contribution >= 0.6 is 0 Å². The summed E-state index contributed by atoms with van der Waals surface area (Å²) in [6.07, 6.45) is -0.313. The van der Waals surface area contributed by atoms with Gasteiger partial charge in [0, 0.05) is 21.1 Å². The van der Waals surface area contributed by atoms with Gasteiger partial charge >= 0.3 is 5.69 Å². The summed E-state index contributed by atoms with van der Waals surface area (Å²) in [6.45, 7) is 8.48. The first-order chi connectivity index (χ1) is 13.6. The maximum atomic E-state index is 12.5. The summed E-state index contributed by atoms with van der Waals surface area (Å²) in [6, 6.07) is 6.45. The van der Waals surface area contributed by atoms with Crippen molar-refractivity contribution < 1.29 is 9.47 Å². The van der Waals surface area contributed by atoms with Gasteiger partial charge in [0.2, 0.25) is 0 Å². The van der Waals surface area contributed by atoms with E-state index in [0.29, 0.717) is 23.7 Å². The monoisotopic (exact) mass is 400 g/mol. The van der Waals surface area contributed by atoms with Gasteiger partial charge in [-0.1, -0.05) is 26.0 Å². The highest BCUT2D eigenvalue weighted by Crippen LogP contribution is 2.27. The molecule has 1 unspecified atom stereocenters. The highest BCUT2D eigenvalue weighted by atomic mass is 16.5. The molecule has 8 heteroatoms. The van der Waals surface area contributed by atoms with E-state index in [4.69, 9.17) is 9.47 Å². The zero-order chi connectivity index (χ0) is 21.5. The Balaban J connectivity index is 1.84. The minimum Gasteiger partial charge on any atom is -0.489 e. The van der Waals surface area contributed by atoms with Crippen molar-refractivity contribution in [2.45, 2.75) is 39.7 Å². The van der Waals surface area contributed by atoms with Crippen molar-refractivity contribution in [3.05, 3.63) is 50.2 Å². The summed E-state index contributed by atoms with van der Waals surface area (Å²) in [7, 11) is 4.72. The van der Waals surface area contributed by atoms with Crippen LogP contribution in [0.3, 0.4) is 0 Å². The number of imidazole rings is 1. The topological polar surface area (TPSA) is 80.3 Å². The Morgan fingerprint density at radius 3 is 2.38 bits per heavy atom. The molecule has 0 saturated heterocycles. The second kappa shape index (κ2) is 7.77. The van der Waals surface area contributed by atoms with E-state index in [1.165, 1.54) is 11.6 Å². The molecule has 2 aromatic heterocycles. The van der Waals surface area contributed by atoms with Gasteiger partial charge in [0.05, 0.1) is 0 Å². The summed E-state index contributed by atoms with van der Waals surface area (Å²) in [5.74, 6) is 1.19. The van der Waals surface area contributed by atoms with E-state index in [1.54, 1.807) is 18.7 Å². The minimum absolute atomic E-state index is 0.266. The zero-order valence-corrected chi connectivity index (χ0v) is 18.0. The summed E-state index contributed by atoms with van der Waals surface area (Å²) in [5, 5.41) is 0. The Bertz CT molecular complexity index is 1170. The first-order valence-corrected chi connectivity index (χ1v) is 9.64. The van der Waals surface area contributed by atoms with Crippen LogP contribution in [0.5, 0.6) is 11.8 Å². The van der Waals surface area contributed by atoms with Gasteiger partial charge in [0.25, 0.3) is 11.6 Å². The lowest BCUT2D eigenvalue weighted by atomic mass is 10.0. The van der Waals surface area contributed by atoms with Crippen LogP contribution in [0.4, 0.5) is 0 Å². The Hall–Kier alpha value is -3.03. The smallest absolute Gasteiger partial charge is 0.332 e. The van der Waals surface area contributed by atoms with Gasteiger partial charge in [-0.25, -0.2) is 4.79 Å². The number of rotatable bonds is 6. The van der Waals surface area contributed by atoms with E-state index in [1.807, 2.05) is 19.9 Å². The van der Waals surface area contributed by atoms with Crippen LogP contribution in [0.2, 0.25) is 0 Å². The van der Waals surface area contributed by atoms with Crippen molar-refractivity contribution in [1.82, 2.24) is 18.7 Å². The molecule has 8 nitrogen and oxygen atoms in total. The predicted molar refractivity (Wildman–Crippen MR) is 112 cm³/mol. The second-order valence-electron chi connectivity index (χ2n) is 7.77. The fourth-order valence-corrected chi connectivity index (χ4v) is 3.27.